The minimum Gasteiger partial charge on any atom is -0.478 e. The molecule has 280 valence electrons. The number of carbonyl (C=O) groups is 3. The molecule has 0 aliphatic carbocycles. The minimum atomic E-state index is -0.931. The monoisotopic (exact) mass is 687 g/mol. The van der Waals surface area contributed by atoms with Crippen molar-refractivity contribution in [3.63, 3.8) is 0 Å². The zero-order chi connectivity index (χ0) is 36.6. The van der Waals surface area contributed by atoms with E-state index in [9.17, 15) is 14.4 Å². The van der Waals surface area contributed by atoms with E-state index in [1.165, 1.54) is 96.0 Å². The van der Waals surface area contributed by atoms with Crippen molar-refractivity contribution < 1.29 is 24.2 Å². The summed E-state index contributed by atoms with van der Waals surface area (Å²) in [4.78, 5) is 38.2. The number of unbranched alkanes of at least 4 members (excludes halogenated alkanes) is 15. The molecule has 0 aromatic rings. The molecule has 0 bridgehead atoms. The largest absolute Gasteiger partial charge is 0.478 e. The van der Waals surface area contributed by atoms with Crippen LogP contribution in [0, 0.1) is 0 Å². The molecule has 0 aliphatic heterocycles. The number of guanidine groups is 1. The fourth-order valence-electron chi connectivity index (χ4n) is 4.77. The van der Waals surface area contributed by atoms with Crippen molar-refractivity contribution in [2.75, 3.05) is 13.2 Å². The highest BCUT2D eigenvalue weighted by Gasteiger charge is 2.21. The van der Waals surface area contributed by atoms with Crippen LogP contribution in [0.3, 0.4) is 0 Å². The first kappa shape index (κ1) is 47.5. The Hall–Kier alpha value is -3.62. The van der Waals surface area contributed by atoms with E-state index in [4.69, 9.17) is 21.3 Å². The molecule has 0 fully saturated rings. The lowest BCUT2D eigenvalue weighted by Crippen LogP contribution is -2.42. The summed E-state index contributed by atoms with van der Waals surface area (Å²) in [7, 11) is 0. The van der Waals surface area contributed by atoms with Gasteiger partial charge in [-0.25, -0.2) is 9.59 Å². The summed E-state index contributed by atoms with van der Waals surface area (Å²) in [6.07, 6.45) is 41.1. The van der Waals surface area contributed by atoms with Crippen LogP contribution < -0.4 is 16.8 Å². The SMILES string of the molecule is CCCCCCCCC/C=C/C=C/C=C/C=C/C=C/C(=O)O.CCCCCCCCCCCC(=O)N[C@@H](CCCN=C(N)N)C(=O)OCC. The van der Waals surface area contributed by atoms with Crippen molar-refractivity contribution in [1.82, 2.24) is 5.32 Å². The molecule has 9 nitrogen and oxygen atoms in total. The smallest absolute Gasteiger partial charge is 0.328 e. The lowest BCUT2D eigenvalue weighted by Gasteiger charge is -2.17. The van der Waals surface area contributed by atoms with Crippen LogP contribution in [0.1, 0.15) is 149 Å². The average molecular weight is 687 g/mol. The first-order chi connectivity index (χ1) is 23.8. The first-order valence-corrected chi connectivity index (χ1v) is 18.9. The zero-order valence-electron chi connectivity index (χ0n) is 31.1. The van der Waals surface area contributed by atoms with E-state index >= 15 is 0 Å². The molecule has 0 saturated heterocycles. The quantitative estimate of drug-likeness (QED) is 0.0147. The number of nitrogens with one attached hydrogen (secondary N) is 1. The maximum Gasteiger partial charge on any atom is 0.328 e. The second-order valence-corrected chi connectivity index (χ2v) is 12.1. The number of hydrogen-bond acceptors (Lipinski definition) is 5. The molecule has 0 aromatic carbocycles. The Bertz CT molecular complexity index is 981. The Balaban J connectivity index is 0. The number of esters is 1. The first-order valence-electron chi connectivity index (χ1n) is 18.9. The second-order valence-electron chi connectivity index (χ2n) is 12.1. The van der Waals surface area contributed by atoms with E-state index < -0.39 is 18.0 Å². The summed E-state index contributed by atoms with van der Waals surface area (Å²) >= 11 is 0. The lowest BCUT2D eigenvalue weighted by atomic mass is 10.1. The Labute approximate surface area is 298 Å². The third kappa shape index (κ3) is 40.5. The fourth-order valence-corrected chi connectivity index (χ4v) is 4.77. The molecule has 1 atom stereocenters. The molecule has 0 saturated carbocycles. The van der Waals surface area contributed by atoms with Gasteiger partial charge < -0.3 is 26.6 Å². The number of carboxylic acid groups (broad SMARTS) is 1. The van der Waals surface area contributed by atoms with E-state index in [1.54, 1.807) is 19.1 Å². The van der Waals surface area contributed by atoms with E-state index in [0.29, 0.717) is 25.8 Å². The normalized spacial score (nSPS) is 12.1. The summed E-state index contributed by atoms with van der Waals surface area (Å²) < 4.78 is 5.04. The van der Waals surface area contributed by atoms with Gasteiger partial charge in [0, 0.05) is 19.0 Å². The molecular formula is C40H70N4O5. The second kappa shape index (κ2) is 38.8. The molecule has 0 unspecified atom stereocenters. The van der Waals surface area contributed by atoms with Gasteiger partial charge in [0.05, 0.1) is 6.61 Å². The molecular weight excluding hydrogens is 616 g/mol. The molecule has 1 amide bonds. The molecule has 9 heteroatoms. The van der Waals surface area contributed by atoms with Crippen molar-refractivity contribution in [3.05, 3.63) is 60.8 Å². The number of amides is 1. The molecule has 0 spiro atoms. The number of ether oxygens (including phenoxy) is 1. The van der Waals surface area contributed by atoms with Crippen molar-refractivity contribution in [2.24, 2.45) is 16.5 Å². The fraction of sp³-hybridized carbons (Fsp3) is 0.650. The maximum atomic E-state index is 12.1. The van der Waals surface area contributed by atoms with Gasteiger partial charge in [-0.3, -0.25) is 9.79 Å². The third-order valence-corrected chi connectivity index (χ3v) is 7.49. The Morgan fingerprint density at radius 2 is 1.16 bits per heavy atom. The molecule has 0 rings (SSSR count). The third-order valence-electron chi connectivity index (χ3n) is 7.49. The Morgan fingerprint density at radius 3 is 1.67 bits per heavy atom. The van der Waals surface area contributed by atoms with Crippen molar-refractivity contribution in [2.45, 2.75) is 155 Å². The molecule has 0 aromatic heterocycles. The molecule has 0 radical (unpaired) electrons. The molecule has 49 heavy (non-hydrogen) atoms. The summed E-state index contributed by atoms with van der Waals surface area (Å²) in [5.41, 5.74) is 10.6. The Morgan fingerprint density at radius 1 is 0.673 bits per heavy atom. The number of nitrogens with two attached hydrogens (primary N) is 2. The molecule has 6 N–H and O–H groups in total. The summed E-state index contributed by atoms with van der Waals surface area (Å²) in [6, 6.07) is -0.634. The summed E-state index contributed by atoms with van der Waals surface area (Å²) in [5.74, 6) is -1.41. The van der Waals surface area contributed by atoms with Crippen LogP contribution in [0.25, 0.3) is 0 Å². The number of rotatable bonds is 30. The molecule has 0 aliphatic rings. The van der Waals surface area contributed by atoms with Crippen LogP contribution in [-0.4, -0.2) is 48.1 Å². The average Bonchev–Trinajstić information content (AvgIpc) is 3.07. The van der Waals surface area contributed by atoms with Crippen LogP contribution in [0.2, 0.25) is 0 Å². The van der Waals surface area contributed by atoms with Crippen molar-refractivity contribution >= 4 is 23.8 Å². The predicted molar refractivity (Wildman–Crippen MR) is 206 cm³/mol. The van der Waals surface area contributed by atoms with E-state index in [2.05, 4.69) is 36.3 Å². The Kier molecular flexibility index (Phi) is 37.6. The standard InChI is InChI=1S/C20H40N4O3.C20H30O2/c1-3-5-6-7-8-9-10-11-12-15-18(25)24-17(19(26)27-4-2)14-13-16-23-20(21)22;1-2-3-4-5-6-7-8-9-10-11-12-13-14-15-16-17-18-19-20(21)22/h17H,3-16H2,1-2H3,(H,24,25)(H4,21,22,23);10-19H,2-9H2,1H3,(H,21,22)/b;11-10+,13-12+,15-14+,17-16+,19-18+/t17-;/m0./s1. The number of hydrogen-bond donors (Lipinski definition) is 4. The number of carboxylic acids is 1. The van der Waals surface area contributed by atoms with Gasteiger partial charge in [0.25, 0.3) is 0 Å². The van der Waals surface area contributed by atoms with Gasteiger partial charge in [0.15, 0.2) is 5.96 Å². The van der Waals surface area contributed by atoms with E-state index in [0.717, 1.165) is 25.3 Å². The lowest BCUT2D eigenvalue weighted by molar-refractivity contribution is -0.147. The zero-order valence-corrected chi connectivity index (χ0v) is 31.1. The van der Waals surface area contributed by atoms with E-state index in [1.807, 2.05) is 24.3 Å². The van der Waals surface area contributed by atoms with Crippen LogP contribution in [0.15, 0.2) is 65.8 Å². The van der Waals surface area contributed by atoms with Gasteiger partial charge in [-0.15, -0.1) is 0 Å². The van der Waals surface area contributed by atoms with Crippen LogP contribution in [0.4, 0.5) is 0 Å². The number of nitrogens with zero attached hydrogens (tertiary/aromatic N) is 1. The summed E-state index contributed by atoms with van der Waals surface area (Å²) in [6.45, 7) is 6.93. The van der Waals surface area contributed by atoms with Gasteiger partial charge in [-0.05, 0) is 39.0 Å². The molecule has 0 heterocycles. The van der Waals surface area contributed by atoms with Crippen LogP contribution in [-0.2, 0) is 19.1 Å². The predicted octanol–water partition coefficient (Wildman–Crippen LogP) is 9.00. The highest BCUT2D eigenvalue weighted by Crippen LogP contribution is 2.11. The minimum absolute atomic E-state index is 0.0251. The number of allylic oxidation sites excluding steroid dienone is 9. The number of carbonyl (C=O) groups excluding carboxylic acids is 2. The maximum absolute atomic E-state index is 12.1. The van der Waals surface area contributed by atoms with Gasteiger partial charge in [0.1, 0.15) is 6.04 Å². The number of aliphatic imine (C=N–C) groups is 1. The highest BCUT2D eigenvalue weighted by molar-refractivity contribution is 5.84. The van der Waals surface area contributed by atoms with Crippen LogP contribution >= 0.6 is 0 Å². The van der Waals surface area contributed by atoms with E-state index in [-0.39, 0.29) is 18.5 Å². The number of aliphatic carboxylic acids is 1. The van der Waals surface area contributed by atoms with Gasteiger partial charge >= 0.3 is 11.9 Å². The highest BCUT2D eigenvalue weighted by atomic mass is 16.5. The van der Waals surface area contributed by atoms with Crippen molar-refractivity contribution in [1.29, 1.82) is 0 Å². The van der Waals surface area contributed by atoms with Gasteiger partial charge in [0.2, 0.25) is 5.91 Å². The van der Waals surface area contributed by atoms with Gasteiger partial charge in [-0.2, -0.15) is 0 Å². The topological polar surface area (TPSA) is 157 Å². The van der Waals surface area contributed by atoms with Crippen molar-refractivity contribution in [3.8, 4) is 0 Å². The van der Waals surface area contributed by atoms with Gasteiger partial charge in [-0.1, -0.05) is 158 Å². The van der Waals surface area contributed by atoms with Crippen LogP contribution in [0.5, 0.6) is 0 Å². The summed E-state index contributed by atoms with van der Waals surface area (Å²) in [5, 5.41) is 11.2.